The number of aromatic amines is 1. The maximum atomic E-state index is 14.0. The summed E-state index contributed by atoms with van der Waals surface area (Å²) in [5.74, 6) is -1.83. The normalized spacial score (nSPS) is 10.3. The Balaban J connectivity index is 2.55. The number of H-pyrrole nitrogens is 1. The Kier molecular flexibility index (Phi) is 3.37. The van der Waals surface area contributed by atoms with Gasteiger partial charge in [-0.3, -0.25) is 5.10 Å². The number of halogens is 1. The van der Waals surface area contributed by atoms with Crippen LogP contribution in [-0.2, 0) is 0 Å². The number of rotatable bonds is 4. The number of nitrogens with one attached hydrogen (secondary N) is 1. The summed E-state index contributed by atoms with van der Waals surface area (Å²) >= 11 is 0. The van der Waals surface area contributed by atoms with Crippen LogP contribution in [0.5, 0.6) is 11.5 Å². The van der Waals surface area contributed by atoms with Gasteiger partial charge in [-0.05, 0) is 18.2 Å². The van der Waals surface area contributed by atoms with Crippen LogP contribution < -0.4 is 9.47 Å². The zero-order valence-corrected chi connectivity index (χ0v) is 10.2. The zero-order valence-electron chi connectivity index (χ0n) is 10.2. The second kappa shape index (κ2) is 4.97. The van der Waals surface area contributed by atoms with Gasteiger partial charge in [-0.1, -0.05) is 0 Å². The Bertz CT molecular complexity index is 624. The van der Waals surface area contributed by atoms with Crippen LogP contribution in [0.3, 0.4) is 0 Å². The monoisotopic (exact) mass is 266 g/mol. The van der Waals surface area contributed by atoms with Crippen molar-refractivity contribution in [3.05, 3.63) is 29.7 Å². The minimum atomic E-state index is -1.15. The van der Waals surface area contributed by atoms with Gasteiger partial charge in [0.2, 0.25) is 5.82 Å². The Hall–Kier alpha value is -2.57. The van der Waals surface area contributed by atoms with E-state index in [9.17, 15) is 9.18 Å². The first-order valence-corrected chi connectivity index (χ1v) is 5.28. The fourth-order valence-corrected chi connectivity index (χ4v) is 1.67. The van der Waals surface area contributed by atoms with E-state index < -0.39 is 11.8 Å². The Morgan fingerprint density at radius 1 is 1.37 bits per heavy atom. The van der Waals surface area contributed by atoms with Gasteiger partial charge in [0, 0.05) is 5.56 Å². The molecule has 0 amide bonds. The molecule has 0 fully saturated rings. The van der Waals surface area contributed by atoms with Gasteiger partial charge in [0.05, 0.1) is 19.9 Å². The van der Waals surface area contributed by atoms with E-state index in [2.05, 4.69) is 10.2 Å². The SMILES string of the molecule is COc1ccc(-c2cc(C(=O)O)[nH]n2)c(OC)c1F. The third-order valence-electron chi connectivity index (χ3n) is 2.57. The van der Waals surface area contributed by atoms with Crippen molar-refractivity contribution in [1.82, 2.24) is 10.2 Å². The molecule has 0 unspecified atom stereocenters. The van der Waals surface area contributed by atoms with Gasteiger partial charge >= 0.3 is 5.97 Å². The third-order valence-corrected chi connectivity index (χ3v) is 2.57. The number of ether oxygens (including phenoxy) is 2. The topological polar surface area (TPSA) is 84.4 Å². The standard InChI is InChI=1S/C12H11FN2O4/c1-18-9-4-3-6(11(19-2)10(9)13)7-5-8(12(16)17)15-14-7/h3-5H,1-2H3,(H,14,15)(H,16,17). The summed E-state index contributed by atoms with van der Waals surface area (Å²) in [6.45, 7) is 0. The predicted octanol–water partition coefficient (Wildman–Crippen LogP) is 1.93. The first-order chi connectivity index (χ1) is 9.08. The number of aromatic carboxylic acids is 1. The van der Waals surface area contributed by atoms with Crippen LogP contribution in [0.4, 0.5) is 4.39 Å². The summed E-state index contributed by atoms with van der Waals surface area (Å²) in [6, 6.07) is 4.26. The molecule has 19 heavy (non-hydrogen) atoms. The largest absolute Gasteiger partial charge is 0.494 e. The van der Waals surface area contributed by atoms with Crippen LogP contribution in [0.1, 0.15) is 10.5 Å². The van der Waals surface area contributed by atoms with Gasteiger partial charge < -0.3 is 14.6 Å². The quantitative estimate of drug-likeness (QED) is 0.883. The molecular formula is C12H11FN2O4. The lowest BCUT2D eigenvalue weighted by Gasteiger charge is -2.10. The molecule has 0 spiro atoms. The number of carboxylic acid groups (broad SMARTS) is 1. The van der Waals surface area contributed by atoms with Crippen molar-refractivity contribution < 1.29 is 23.8 Å². The number of aromatic nitrogens is 2. The highest BCUT2D eigenvalue weighted by Gasteiger charge is 2.19. The molecule has 6 nitrogen and oxygen atoms in total. The van der Waals surface area contributed by atoms with Gasteiger partial charge in [-0.15, -0.1) is 0 Å². The molecule has 2 rings (SSSR count). The number of hydrogen-bond donors (Lipinski definition) is 2. The predicted molar refractivity (Wildman–Crippen MR) is 64.0 cm³/mol. The van der Waals surface area contributed by atoms with Crippen molar-refractivity contribution >= 4 is 5.97 Å². The molecular weight excluding hydrogens is 255 g/mol. The summed E-state index contributed by atoms with van der Waals surface area (Å²) in [6.07, 6.45) is 0. The maximum Gasteiger partial charge on any atom is 0.353 e. The lowest BCUT2D eigenvalue weighted by molar-refractivity contribution is 0.0690. The van der Waals surface area contributed by atoms with Crippen LogP contribution >= 0.6 is 0 Å². The highest BCUT2D eigenvalue weighted by molar-refractivity contribution is 5.87. The van der Waals surface area contributed by atoms with Crippen LogP contribution in [-0.4, -0.2) is 35.5 Å². The molecule has 100 valence electrons. The number of carboxylic acids is 1. The molecule has 0 aliphatic rings. The highest BCUT2D eigenvalue weighted by Crippen LogP contribution is 2.36. The molecule has 0 saturated heterocycles. The van der Waals surface area contributed by atoms with Crippen molar-refractivity contribution in [2.24, 2.45) is 0 Å². The summed E-state index contributed by atoms with van der Waals surface area (Å²) < 4.78 is 23.8. The Morgan fingerprint density at radius 3 is 2.63 bits per heavy atom. The number of hydrogen-bond acceptors (Lipinski definition) is 4. The van der Waals surface area contributed by atoms with E-state index in [-0.39, 0.29) is 22.9 Å². The fourth-order valence-electron chi connectivity index (χ4n) is 1.67. The lowest BCUT2D eigenvalue weighted by atomic mass is 10.1. The molecule has 7 heteroatoms. The summed E-state index contributed by atoms with van der Waals surface area (Å²) in [5.41, 5.74) is 0.522. The molecule has 2 N–H and O–H groups in total. The van der Waals surface area contributed by atoms with Crippen molar-refractivity contribution in [3.63, 3.8) is 0 Å². The van der Waals surface area contributed by atoms with E-state index in [1.54, 1.807) is 6.07 Å². The highest BCUT2D eigenvalue weighted by atomic mass is 19.1. The fraction of sp³-hybridized carbons (Fsp3) is 0.167. The third kappa shape index (κ3) is 2.22. The van der Waals surface area contributed by atoms with Crippen LogP contribution in [0.25, 0.3) is 11.3 Å². The lowest BCUT2D eigenvalue weighted by Crippen LogP contribution is -1.96. The molecule has 2 aromatic rings. The summed E-state index contributed by atoms with van der Waals surface area (Å²) in [7, 11) is 2.65. The van der Waals surface area contributed by atoms with E-state index >= 15 is 0 Å². The molecule has 0 aliphatic heterocycles. The maximum absolute atomic E-state index is 14.0. The van der Waals surface area contributed by atoms with Gasteiger partial charge in [0.1, 0.15) is 5.69 Å². The average Bonchev–Trinajstić information content (AvgIpc) is 2.87. The van der Waals surface area contributed by atoms with E-state index in [4.69, 9.17) is 14.6 Å². The van der Waals surface area contributed by atoms with Crippen molar-refractivity contribution in [3.8, 4) is 22.8 Å². The van der Waals surface area contributed by atoms with Gasteiger partial charge in [0.25, 0.3) is 0 Å². The second-order valence-electron chi connectivity index (χ2n) is 3.63. The number of methoxy groups -OCH3 is 2. The Labute approximate surface area is 107 Å². The molecule has 1 aromatic heterocycles. The molecule has 0 bridgehead atoms. The van der Waals surface area contributed by atoms with E-state index in [0.717, 1.165) is 0 Å². The molecule has 0 saturated carbocycles. The van der Waals surface area contributed by atoms with Crippen LogP contribution in [0.15, 0.2) is 18.2 Å². The van der Waals surface area contributed by atoms with Crippen molar-refractivity contribution in [1.29, 1.82) is 0 Å². The van der Waals surface area contributed by atoms with Gasteiger partial charge in [-0.25, -0.2) is 4.79 Å². The summed E-state index contributed by atoms with van der Waals surface area (Å²) in [4.78, 5) is 10.8. The van der Waals surface area contributed by atoms with Crippen LogP contribution in [0.2, 0.25) is 0 Å². The minimum Gasteiger partial charge on any atom is -0.494 e. The van der Waals surface area contributed by atoms with E-state index in [1.165, 1.54) is 26.4 Å². The van der Waals surface area contributed by atoms with E-state index in [1.807, 2.05) is 0 Å². The van der Waals surface area contributed by atoms with E-state index in [0.29, 0.717) is 5.56 Å². The Morgan fingerprint density at radius 2 is 2.11 bits per heavy atom. The van der Waals surface area contributed by atoms with Crippen molar-refractivity contribution in [2.75, 3.05) is 14.2 Å². The minimum absolute atomic E-state index is 0.0367. The smallest absolute Gasteiger partial charge is 0.353 e. The second-order valence-corrected chi connectivity index (χ2v) is 3.63. The zero-order chi connectivity index (χ0) is 14.0. The molecule has 0 aliphatic carbocycles. The molecule has 1 aromatic carbocycles. The van der Waals surface area contributed by atoms with Crippen molar-refractivity contribution in [2.45, 2.75) is 0 Å². The van der Waals surface area contributed by atoms with Gasteiger partial charge in [-0.2, -0.15) is 9.49 Å². The molecule has 0 atom stereocenters. The first-order valence-electron chi connectivity index (χ1n) is 5.28. The molecule has 1 heterocycles. The number of carbonyl (C=O) groups is 1. The first kappa shape index (κ1) is 12.9. The average molecular weight is 266 g/mol. The van der Waals surface area contributed by atoms with Gasteiger partial charge in [0.15, 0.2) is 11.5 Å². The van der Waals surface area contributed by atoms with Crippen LogP contribution in [0, 0.1) is 5.82 Å². The number of benzene rings is 1. The number of nitrogens with zero attached hydrogens (tertiary/aromatic N) is 1. The summed E-state index contributed by atoms with van der Waals surface area (Å²) in [5, 5.41) is 15.0. The molecule has 0 radical (unpaired) electrons.